The molecule has 16 heavy (non-hydrogen) atoms. The summed E-state index contributed by atoms with van der Waals surface area (Å²) in [5.41, 5.74) is 0.585. The van der Waals surface area contributed by atoms with Crippen molar-refractivity contribution in [2.45, 2.75) is 19.2 Å². The first kappa shape index (κ1) is 12.9. The van der Waals surface area contributed by atoms with Crippen molar-refractivity contribution >= 4 is 11.6 Å². The van der Waals surface area contributed by atoms with Crippen LogP contribution in [0, 0.1) is 6.92 Å². The zero-order valence-electron chi connectivity index (χ0n) is 8.56. The number of alkyl halides is 4. The predicted octanol–water partition coefficient (Wildman–Crippen LogP) is 3.04. The molecular formula is C9H9ClF3NO2. The number of nitrogens with zero attached hydrogens (tertiary/aromatic N) is 1. The van der Waals surface area contributed by atoms with Gasteiger partial charge in [0, 0.05) is 0 Å². The molecule has 0 amide bonds. The van der Waals surface area contributed by atoms with E-state index in [0.717, 1.165) is 6.20 Å². The van der Waals surface area contributed by atoms with Gasteiger partial charge < -0.3 is 9.47 Å². The third-order valence-corrected chi connectivity index (χ3v) is 2.11. The quantitative estimate of drug-likeness (QED) is 0.778. The molecule has 1 heterocycles. The van der Waals surface area contributed by atoms with Crippen molar-refractivity contribution in [3.8, 4) is 11.5 Å². The van der Waals surface area contributed by atoms with Crippen LogP contribution in [-0.4, -0.2) is 18.5 Å². The fraction of sp³-hybridized carbons (Fsp3) is 0.444. The van der Waals surface area contributed by atoms with Crippen LogP contribution in [0.15, 0.2) is 6.20 Å². The second-order valence-electron chi connectivity index (χ2n) is 2.90. The summed E-state index contributed by atoms with van der Waals surface area (Å²) in [6.45, 7) is 1.60. The lowest BCUT2D eigenvalue weighted by molar-refractivity contribution is -0.275. The first-order chi connectivity index (χ1) is 7.39. The summed E-state index contributed by atoms with van der Waals surface area (Å²) >= 11 is 5.56. The molecule has 0 bridgehead atoms. The highest BCUT2D eigenvalue weighted by Crippen LogP contribution is 2.34. The third kappa shape index (κ3) is 2.91. The van der Waals surface area contributed by atoms with E-state index in [1.807, 2.05) is 0 Å². The number of rotatable bonds is 3. The number of aromatic nitrogens is 1. The molecule has 0 aliphatic carbocycles. The summed E-state index contributed by atoms with van der Waals surface area (Å²) in [4.78, 5) is 3.73. The van der Waals surface area contributed by atoms with Crippen molar-refractivity contribution in [3.63, 3.8) is 0 Å². The summed E-state index contributed by atoms with van der Waals surface area (Å²) < 4.78 is 44.9. The molecular weight excluding hydrogens is 247 g/mol. The Labute approximate surface area is 95.1 Å². The number of aryl methyl sites for hydroxylation is 1. The molecule has 0 saturated heterocycles. The van der Waals surface area contributed by atoms with Crippen LogP contribution >= 0.6 is 11.6 Å². The topological polar surface area (TPSA) is 31.4 Å². The van der Waals surface area contributed by atoms with E-state index in [-0.39, 0.29) is 17.2 Å². The molecule has 3 nitrogen and oxygen atoms in total. The summed E-state index contributed by atoms with van der Waals surface area (Å²) in [7, 11) is 1.33. The molecule has 7 heteroatoms. The Bertz CT molecular complexity index is 382. The van der Waals surface area contributed by atoms with Gasteiger partial charge in [-0.2, -0.15) is 0 Å². The van der Waals surface area contributed by atoms with Crippen LogP contribution in [0.2, 0.25) is 0 Å². The molecule has 0 aromatic carbocycles. The van der Waals surface area contributed by atoms with Gasteiger partial charge in [0.1, 0.15) is 5.75 Å². The van der Waals surface area contributed by atoms with Gasteiger partial charge in [0.2, 0.25) is 0 Å². The van der Waals surface area contributed by atoms with Gasteiger partial charge >= 0.3 is 6.36 Å². The maximum atomic E-state index is 12.1. The molecule has 0 aliphatic heterocycles. The zero-order chi connectivity index (χ0) is 12.3. The molecule has 1 aromatic rings. The maximum absolute atomic E-state index is 12.1. The van der Waals surface area contributed by atoms with Gasteiger partial charge in [-0.15, -0.1) is 24.8 Å². The molecule has 0 N–H and O–H groups in total. The van der Waals surface area contributed by atoms with E-state index in [4.69, 9.17) is 16.3 Å². The van der Waals surface area contributed by atoms with Gasteiger partial charge in [0.25, 0.3) is 0 Å². The minimum atomic E-state index is -4.78. The second kappa shape index (κ2) is 4.78. The highest BCUT2D eigenvalue weighted by Gasteiger charge is 2.33. The molecule has 0 radical (unpaired) electrons. The van der Waals surface area contributed by atoms with Crippen molar-refractivity contribution in [1.82, 2.24) is 4.98 Å². The Morgan fingerprint density at radius 2 is 2.06 bits per heavy atom. The lowest BCUT2D eigenvalue weighted by Crippen LogP contribution is -2.18. The van der Waals surface area contributed by atoms with Gasteiger partial charge in [-0.3, -0.25) is 4.98 Å². The van der Waals surface area contributed by atoms with Crippen molar-refractivity contribution < 1.29 is 22.6 Å². The average Bonchev–Trinajstić information content (AvgIpc) is 2.18. The van der Waals surface area contributed by atoms with Crippen molar-refractivity contribution in [2.75, 3.05) is 7.11 Å². The second-order valence-corrected chi connectivity index (χ2v) is 3.17. The smallest absolute Gasteiger partial charge is 0.494 e. The molecule has 1 rings (SSSR count). The molecule has 0 spiro atoms. The average molecular weight is 256 g/mol. The minimum absolute atomic E-state index is 0.133. The first-order valence-corrected chi connectivity index (χ1v) is 4.76. The summed E-state index contributed by atoms with van der Waals surface area (Å²) in [6.07, 6.45) is -3.80. The number of hydrogen-bond donors (Lipinski definition) is 0. The fourth-order valence-electron chi connectivity index (χ4n) is 1.23. The van der Waals surface area contributed by atoms with E-state index in [1.165, 1.54) is 7.11 Å². The lowest BCUT2D eigenvalue weighted by Gasteiger charge is -2.15. The van der Waals surface area contributed by atoms with Crippen molar-refractivity contribution in [1.29, 1.82) is 0 Å². The van der Waals surface area contributed by atoms with Crippen molar-refractivity contribution in [3.05, 3.63) is 17.5 Å². The van der Waals surface area contributed by atoms with E-state index in [2.05, 4.69) is 9.72 Å². The van der Waals surface area contributed by atoms with Crippen molar-refractivity contribution in [2.24, 2.45) is 0 Å². The molecule has 0 saturated carbocycles. The first-order valence-electron chi connectivity index (χ1n) is 4.23. The Hall–Kier alpha value is -1.17. The molecule has 0 aliphatic rings. The predicted molar refractivity (Wildman–Crippen MR) is 51.8 cm³/mol. The van der Waals surface area contributed by atoms with E-state index in [1.54, 1.807) is 6.92 Å². The van der Waals surface area contributed by atoms with E-state index >= 15 is 0 Å². The van der Waals surface area contributed by atoms with Gasteiger partial charge in [-0.1, -0.05) is 0 Å². The Morgan fingerprint density at radius 3 is 2.50 bits per heavy atom. The normalized spacial score (nSPS) is 11.4. The van der Waals surface area contributed by atoms with Crippen LogP contribution in [0.5, 0.6) is 11.5 Å². The molecule has 1 aromatic heterocycles. The number of ether oxygens (including phenoxy) is 2. The summed E-state index contributed by atoms with van der Waals surface area (Å²) in [6, 6.07) is 0. The van der Waals surface area contributed by atoms with E-state index in [9.17, 15) is 13.2 Å². The standard InChI is InChI=1S/C9H9ClF3NO2/c1-5-8(15-2)6(3-10)7(4-14-5)16-9(11,12)13/h4H,3H2,1-2H3. The fourth-order valence-corrected chi connectivity index (χ4v) is 1.49. The van der Waals surface area contributed by atoms with Gasteiger partial charge in [-0.25, -0.2) is 0 Å². The zero-order valence-corrected chi connectivity index (χ0v) is 9.32. The number of pyridine rings is 1. The number of methoxy groups -OCH3 is 1. The number of halogens is 4. The van der Waals surface area contributed by atoms with Crippen LogP contribution in [0.4, 0.5) is 13.2 Å². The maximum Gasteiger partial charge on any atom is 0.573 e. The Morgan fingerprint density at radius 1 is 1.44 bits per heavy atom. The lowest BCUT2D eigenvalue weighted by atomic mass is 10.2. The summed E-state index contributed by atoms with van der Waals surface area (Å²) in [5, 5.41) is 0. The highest BCUT2D eigenvalue weighted by atomic mass is 35.5. The third-order valence-electron chi connectivity index (χ3n) is 1.84. The Kier molecular flexibility index (Phi) is 3.85. The van der Waals surface area contributed by atoms with Crippen LogP contribution in [0.3, 0.4) is 0 Å². The van der Waals surface area contributed by atoms with E-state index < -0.39 is 12.1 Å². The SMILES string of the molecule is COc1c(C)ncc(OC(F)(F)F)c1CCl. The van der Waals surface area contributed by atoms with E-state index in [0.29, 0.717) is 5.69 Å². The molecule has 0 atom stereocenters. The van der Waals surface area contributed by atoms with Crippen LogP contribution in [0.1, 0.15) is 11.3 Å². The van der Waals surface area contributed by atoms with Crippen LogP contribution in [0.25, 0.3) is 0 Å². The summed E-state index contributed by atoms with van der Waals surface area (Å²) in [5.74, 6) is -0.389. The van der Waals surface area contributed by atoms with Gasteiger partial charge in [-0.05, 0) is 6.92 Å². The Balaban J connectivity index is 3.19. The van der Waals surface area contributed by atoms with Gasteiger partial charge in [0.15, 0.2) is 5.75 Å². The van der Waals surface area contributed by atoms with Gasteiger partial charge in [0.05, 0.1) is 30.4 Å². The molecule has 0 unspecified atom stereocenters. The van der Waals surface area contributed by atoms with Crippen LogP contribution < -0.4 is 9.47 Å². The molecule has 90 valence electrons. The highest BCUT2D eigenvalue weighted by molar-refractivity contribution is 6.17. The largest absolute Gasteiger partial charge is 0.573 e. The number of hydrogen-bond acceptors (Lipinski definition) is 3. The monoisotopic (exact) mass is 255 g/mol. The minimum Gasteiger partial charge on any atom is -0.494 e. The molecule has 0 fully saturated rings. The van der Waals surface area contributed by atoms with Crippen LogP contribution in [-0.2, 0) is 5.88 Å².